The quantitative estimate of drug-likeness (QED) is 0.705. The summed E-state index contributed by atoms with van der Waals surface area (Å²) in [7, 11) is -1.52. The summed E-state index contributed by atoms with van der Waals surface area (Å²) >= 11 is 11.8. The molecular formula is C19H19ClN2O3S2. The molecular weight excluding hydrogens is 404 g/mol. The average Bonchev–Trinajstić information content (AvgIpc) is 3.07. The highest BCUT2D eigenvalue weighted by molar-refractivity contribution is 7.91. The van der Waals surface area contributed by atoms with Crippen molar-refractivity contribution in [2.45, 2.75) is 18.6 Å². The molecule has 0 amide bonds. The first-order valence-corrected chi connectivity index (χ1v) is 11.2. The molecule has 2 fully saturated rings. The van der Waals surface area contributed by atoms with Gasteiger partial charge in [-0.15, -0.1) is 0 Å². The van der Waals surface area contributed by atoms with Crippen LogP contribution in [0.15, 0.2) is 48.5 Å². The number of rotatable bonds is 4. The van der Waals surface area contributed by atoms with Gasteiger partial charge in [-0.2, -0.15) is 0 Å². The van der Waals surface area contributed by atoms with Crippen LogP contribution in [0.5, 0.6) is 5.75 Å². The lowest BCUT2D eigenvalue weighted by Gasteiger charge is -2.26. The van der Waals surface area contributed by atoms with Gasteiger partial charge in [0.2, 0.25) is 0 Å². The Balaban J connectivity index is 1.73. The van der Waals surface area contributed by atoms with Crippen LogP contribution in [0.2, 0.25) is 5.02 Å². The van der Waals surface area contributed by atoms with Gasteiger partial charge in [0.25, 0.3) is 0 Å². The van der Waals surface area contributed by atoms with Gasteiger partial charge >= 0.3 is 0 Å². The SMILES string of the molecule is COc1ccccc1N1C(=S)N(Cc2ccc(Cl)cc2)C2CS(=O)(=O)CC21. The number of benzene rings is 2. The molecule has 0 radical (unpaired) electrons. The van der Waals surface area contributed by atoms with Crippen molar-refractivity contribution in [1.29, 1.82) is 0 Å². The van der Waals surface area contributed by atoms with Crippen LogP contribution in [0.3, 0.4) is 0 Å². The van der Waals surface area contributed by atoms with Gasteiger partial charge in [-0.3, -0.25) is 0 Å². The summed E-state index contributed by atoms with van der Waals surface area (Å²) in [5, 5.41) is 1.29. The Labute approximate surface area is 169 Å². The number of fused-ring (bicyclic) bond motifs is 1. The number of methoxy groups -OCH3 is 1. The first-order chi connectivity index (χ1) is 12.9. The summed E-state index contributed by atoms with van der Waals surface area (Å²) in [6.45, 7) is 0.540. The minimum absolute atomic E-state index is 0.0903. The summed E-state index contributed by atoms with van der Waals surface area (Å²) in [5.41, 5.74) is 1.84. The second-order valence-electron chi connectivity index (χ2n) is 6.79. The molecule has 2 atom stereocenters. The van der Waals surface area contributed by atoms with Gasteiger partial charge in [-0.05, 0) is 42.0 Å². The van der Waals surface area contributed by atoms with Crippen molar-refractivity contribution < 1.29 is 13.2 Å². The van der Waals surface area contributed by atoms with E-state index in [0.717, 1.165) is 11.3 Å². The second-order valence-corrected chi connectivity index (χ2v) is 9.75. The normalized spacial score (nSPS) is 23.6. The summed E-state index contributed by atoms with van der Waals surface area (Å²) in [5.74, 6) is 0.876. The molecule has 2 aliphatic rings. The number of nitrogens with zero attached hydrogens (tertiary/aromatic N) is 2. The molecule has 0 aromatic heterocycles. The number of hydrogen-bond acceptors (Lipinski definition) is 4. The van der Waals surface area contributed by atoms with Gasteiger partial charge < -0.3 is 14.5 Å². The second kappa shape index (κ2) is 6.96. The van der Waals surface area contributed by atoms with Crippen LogP contribution in [0.4, 0.5) is 5.69 Å². The molecule has 0 N–H and O–H groups in total. The fourth-order valence-electron chi connectivity index (χ4n) is 3.86. The number of thiocarbonyl (C=S) groups is 1. The topological polar surface area (TPSA) is 49.9 Å². The fourth-order valence-corrected chi connectivity index (χ4v) is 6.37. The van der Waals surface area contributed by atoms with Gasteiger partial charge in [0, 0.05) is 11.6 Å². The molecule has 5 nitrogen and oxygen atoms in total. The zero-order chi connectivity index (χ0) is 19.2. The highest BCUT2D eigenvalue weighted by atomic mass is 35.5. The molecule has 0 spiro atoms. The Hall–Kier alpha value is -1.83. The Morgan fingerprint density at radius 2 is 1.78 bits per heavy atom. The molecule has 4 rings (SSSR count). The van der Waals surface area contributed by atoms with Crippen molar-refractivity contribution in [3.63, 3.8) is 0 Å². The summed E-state index contributed by atoms with van der Waals surface area (Å²) in [4.78, 5) is 3.96. The van der Waals surface area contributed by atoms with Crippen molar-refractivity contribution >= 4 is 44.5 Å². The third kappa shape index (κ3) is 3.39. The number of hydrogen-bond donors (Lipinski definition) is 0. The third-order valence-corrected chi connectivity index (χ3v) is 7.47. The molecule has 0 bridgehead atoms. The smallest absolute Gasteiger partial charge is 0.177 e. The van der Waals surface area contributed by atoms with Crippen molar-refractivity contribution in [1.82, 2.24) is 4.90 Å². The Morgan fingerprint density at radius 1 is 1.11 bits per heavy atom. The first-order valence-electron chi connectivity index (χ1n) is 8.57. The first kappa shape index (κ1) is 18.5. The highest BCUT2D eigenvalue weighted by Gasteiger charge is 2.52. The van der Waals surface area contributed by atoms with Crippen LogP contribution in [0, 0.1) is 0 Å². The molecule has 142 valence electrons. The number of para-hydroxylation sites is 2. The lowest BCUT2D eigenvalue weighted by molar-refractivity contribution is 0.350. The minimum atomic E-state index is -3.13. The van der Waals surface area contributed by atoms with Gasteiger partial charge in [0.05, 0.1) is 36.4 Å². The maximum atomic E-state index is 12.4. The molecule has 2 unspecified atom stereocenters. The van der Waals surface area contributed by atoms with E-state index in [2.05, 4.69) is 0 Å². The number of anilines is 1. The zero-order valence-electron chi connectivity index (χ0n) is 14.7. The monoisotopic (exact) mass is 422 g/mol. The van der Waals surface area contributed by atoms with E-state index >= 15 is 0 Å². The molecule has 27 heavy (non-hydrogen) atoms. The van der Waals surface area contributed by atoms with E-state index in [1.807, 2.05) is 58.3 Å². The van der Waals surface area contributed by atoms with Crippen molar-refractivity contribution in [2.24, 2.45) is 0 Å². The molecule has 2 heterocycles. The Kier molecular flexibility index (Phi) is 4.78. The van der Waals surface area contributed by atoms with Gasteiger partial charge in [0.15, 0.2) is 14.9 Å². The molecule has 2 aromatic rings. The van der Waals surface area contributed by atoms with E-state index in [4.69, 9.17) is 28.6 Å². The molecule has 8 heteroatoms. The maximum Gasteiger partial charge on any atom is 0.177 e. The third-order valence-electron chi connectivity index (χ3n) is 5.09. The minimum Gasteiger partial charge on any atom is -0.495 e. The van der Waals surface area contributed by atoms with E-state index in [1.165, 1.54) is 0 Å². The summed E-state index contributed by atoms with van der Waals surface area (Å²) < 4.78 is 30.2. The van der Waals surface area contributed by atoms with Gasteiger partial charge in [-0.1, -0.05) is 35.9 Å². The van der Waals surface area contributed by atoms with E-state index in [-0.39, 0.29) is 23.6 Å². The lowest BCUT2D eigenvalue weighted by atomic mass is 10.1. The molecule has 2 aromatic carbocycles. The molecule has 0 saturated carbocycles. The number of ether oxygens (including phenoxy) is 1. The predicted molar refractivity (Wildman–Crippen MR) is 111 cm³/mol. The largest absolute Gasteiger partial charge is 0.495 e. The van der Waals surface area contributed by atoms with E-state index in [9.17, 15) is 8.42 Å². The van der Waals surface area contributed by atoms with E-state index in [1.54, 1.807) is 7.11 Å². The maximum absolute atomic E-state index is 12.4. The van der Waals surface area contributed by atoms with E-state index in [0.29, 0.717) is 22.4 Å². The Bertz CT molecular complexity index is 979. The molecule has 2 saturated heterocycles. The van der Waals surface area contributed by atoms with Crippen molar-refractivity contribution in [3.8, 4) is 5.75 Å². The van der Waals surface area contributed by atoms with Crippen LogP contribution in [0.1, 0.15) is 5.56 Å². The van der Waals surface area contributed by atoms with Gasteiger partial charge in [-0.25, -0.2) is 8.42 Å². The number of halogens is 1. The lowest BCUT2D eigenvalue weighted by Crippen LogP contribution is -2.37. The number of sulfone groups is 1. The van der Waals surface area contributed by atoms with Crippen molar-refractivity contribution in [3.05, 3.63) is 59.1 Å². The standard InChI is InChI=1S/C19H19ClN2O3S2/c1-25-18-5-3-2-4-15(18)22-17-12-27(23,24)11-16(17)21(19(22)26)10-13-6-8-14(20)9-7-13/h2-9,16-17H,10-12H2,1H3. The van der Waals surface area contributed by atoms with Crippen LogP contribution >= 0.6 is 23.8 Å². The van der Waals surface area contributed by atoms with Crippen LogP contribution in [-0.2, 0) is 16.4 Å². The van der Waals surface area contributed by atoms with Crippen LogP contribution < -0.4 is 9.64 Å². The van der Waals surface area contributed by atoms with Crippen LogP contribution in [0.25, 0.3) is 0 Å². The van der Waals surface area contributed by atoms with Crippen LogP contribution in [-0.4, -0.2) is 49.1 Å². The fraction of sp³-hybridized carbons (Fsp3) is 0.316. The molecule has 0 aliphatic carbocycles. The van der Waals surface area contributed by atoms with Crippen molar-refractivity contribution in [2.75, 3.05) is 23.5 Å². The Morgan fingerprint density at radius 3 is 2.48 bits per heavy atom. The average molecular weight is 423 g/mol. The zero-order valence-corrected chi connectivity index (χ0v) is 17.1. The van der Waals surface area contributed by atoms with E-state index < -0.39 is 9.84 Å². The summed E-state index contributed by atoms with van der Waals surface area (Å²) in [6, 6.07) is 14.7. The highest BCUT2D eigenvalue weighted by Crippen LogP contribution is 2.39. The predicted octanol–water partition coefficient (Wildman–Crippen LogP) is 3.12. The summed E-state index contributed by atoms with van der Waals surface area (Å²) in [6.07, 6.45) is 0. The van der Waals surface area contributed by atoms with Gasteiger partial charge in [0.1, 0.15) is 5.75 Å². The molecule has 2 aliphatic heterocycles.